The number of nitrogens with zero attached hydrogens (tertiary/aromatic N) is 1. The maximum Gasteiger partial charge on any atom is 0.390 e. The molecule has 1 heterocycles. The van der Waals surface area contributed by atoms with E-state index < -0.39 is 31.0 Å². The van der Waals surface area contributed by atoms with Gasteiger partial charge in [-0.2, -0.15) is 13.2 Å². The average molecular weight is 390 g/mol. The maximum atomic E-state index is 12.8. The average Bonchev–Trinajstić information content (AvgIpc) is 2.90. The summed E-state index contributed by atoms with van der Waals surface area (Å²) in [5, 5.41) is 2.88. The Labute approximate surface area is 159 Å². The highest BCUT2D eigenvalue weighted by molar-refractivity contribution is 6.36. The molecule has 28 heavy (non-hydrogen) atoms. The molecule has 3 rings (SSSR count). The number of rotatable bonds is 6. The summed E-state index contributed by atoms with van der Waals surface area (Å²) in [5.41, 5.74) is 0.946. The van der Waals surface area contributed by atoms with E-state index >= 15 is 0 Å². The summed E-state index contributed by atoms with van der Waals surface area (Å²) in [4.78, 5) is 26.1. The number of ether oxygens (including phenoxy) is 1. The molecule has 0 bridgehead atoms. The number of hydrogen-bond acceptors (Lipinski definition) is 4. The zero-order chi connectivity index (χ0) is 20.3. The lowest BCUT2D eigenvalue weighted by Crippen LogP contribution is -2.35. The second-order valence-electron chi connectivity index (χ2n) is 6.10. The van der Waals surface area contributed by atoms with Crippen LogP contribution in [0.3, 0.4) is 0 Å². The van der Waals surface area contributed by atoms with Crippen molar-refractivity contribution in [2.24, 2.45) is 0 Å². The summed E-state index contributed by atoms with van der Waals surface area (Å²) in [7, 11) is 1.51. The third kappa shape index (κ3) is 4.16. The zero-order valence-electron chi connectivity index (χ0n) is 14.9. The Balaban J connectivity index is 1.95. The van der Waals surface area contributed by atoms with Gasteiger partial charge < -0.3 is 10.1 Å². The molecule has 5 nitrogen and oxygen atoms in total. The molecule has 0 aromatic heterocycles. The quantitative estimate of drug-likeness (QED) is 0.762. The molecular weight excluding hydrogens is 373 g/mol. The lowest BCUT2D eigenvalue weighted by molar-refractivity contribution is -0.148. The van der Waals surface area contributed by atoms with Crippen LogP contribution < -0.4 is 10.1 Å². The minimum absolute atomic E-state index is 0.0450. The van der Waals surface area contributed by atoms with Gasteiger partial charge in [0.2, 0.25) is 0 Å². The number of methoxy groups -OCH3 is 1. The Morgan fingerprint density at radius 1 is 0.964 bits per heavy atom. The van der Waals surface area contributed by atoms with Crippen molar-refractivity contribution in [3.05, 3.63) is 65.9 Å². The summed E-state index contributed by atoms with van der Waals surface area (Å²) in [6.07, 6.45) is -5.73. The highest BCUT2D eigenvalue weighted by Crippen LogP contribution is 2.32. The molecule has 0 fully saturated rings. The van der Waals surface area contributed by atoms with Gasteiger partial charge in [0.15, 0.2) is 0 Å². The maximum absolute atomic E-state index is 12.8. The first-order valence-corrected chi connectivity index (χ1v) is 8.44. The molecule has 0 atom stereocenters. The fourth-order valence-corrected chi connectivity index (χ4v) is 2.82. The van der Waals surface area contributed by atoms with Crippen LogP contribution in [-0.4, -0.2) is 36.5 Å². The van der Waals surface area contributed by atoms with Gasteiger partial charge in [0.25, 0.3) is 11.8 Å². The van der Waals surface area contributed by atoms with Crippen LogP contribution in [0, 0.1) is 0 Å². The Hall–Kier alpha value is -3.29. The molecule has 0 saturated carbocycles. The van der Waals surface area contributed by atoms with Gasteiger partial charge in [0, 0.05) is 12.2 Å². The van der Waals surface area contributed by atoms with Crippen LogP contribution in [0.1, 0.15) is 12.0 Å². The van der Waals surface area contributed by atoms with E-state index in [-0.39, 0.29) is 11.3 Å². The van der Waals surface area contributed by atoms with E-state index in [0.29, 0.717) is 21.9 Å². The van der Waals surface area contributed by atoms with Gasteiger partial charge >= 0.3 is 6.18 Å². The molecule has 8 heteroatoms. The standard InChI is InChI=1S/C20H17F3N2O3/c1-28-15-9-7-14(8-10-15)24-17-16(13-5-3-2-4-6-13)18(26)25(19(17)27)12-11-20(21,22)23/h2-10,24H,11-12H2,1H3. The number of nitrogens with one attached hydrogen (secondary N) is 1. The highest BCUT2D eigenvalue weighted by Gasteiger charge is 2.41. The number of hydrogen-bond donors (Lipinski definition) is 1. The van der Waals surface area contributed by atoms with Crippen LogP contribution in [0.5, 0.6) is 5.75 Å². The van der Waals surface area contributed by atoms with Crippen molar-refractivity contribution in [3.8, 4) is 5.75 Å². The first-order valence-electron chi connectivity index (χ1n) is 8.44. The molecule has 146 valence electrons. The minimum Gasteiger partial charge on any atom is -0.497 e. The number of imide groups is 1. The van der Waals surface area contributed by atoms with Crippen LogP contribution in [0.15, 0.2) is 60.3 Å². The molecule has 1 aliphatic heterocycles. The molecule has 0 saturated heterocycles. The second-order valence-corrected chi connectivity index (χ2v) is 6.10. The van der Waals surface area contributed by atoms with Crippen molar-refractivity contribution in [3.63, 3.8) is 0 Å². The first-order chi connectivity index (χ1) is 13.3. The molecule has 0 aliphatic carbocycles. The number of carbonyl (C=O) groups excluding carboxylic acids is 2. The van der Waals surface area contributed by atoms with Crippen LogP contribution in [0.4, 0.5) is 18.9 Å². The number of amides is 2. The van der Waals surface area contributed by atoms with E-state index in [4.69, 9.17) is 4.74 Å². The number of carbonyl (C=O) groups is 2. The van der Waals surface area contributed by atoms with Crippen LogP contribution >= 0.6 is 0 Å². The molecular formula is C20H17F3N2O3. The second kappa shape index (κ2) is 7.75. The molecule has 2 amide bonds. The molecule has 2 aromatic rings. The predicted octanol–water partition coefficient (Wildman–Crippen LogP) is 3.84. The highest BCUT2D eigenvalue weighted by atomic mass is 19.4. The van der Waals surface area contributed by atoms with Gasteiger partial charge in [-0.15, -0.1) is 0 Å². The van der Waals surface area contributed by atoms with E-state index in [0.717, 1.165) is 0 Å². The molecule has 0 spiro atoms. The molecule has 0 radical (unpaired) electrons. The fourth-order valence-electron chi connectivity index (χ4n) is 2.82. The van der Waals surface area contributed by atoms with Crippen LogP contribution in [0.2, 0.25) is 0 Å². The topological polar surface area (TPSA) is 58.6 Å². The predicted molar refractivity (Wildman–Crippen MR) is 97.4 cm³/mol. The van der Waals surface area contributed by atoms with Crippen molar-refractivity contribution in [2.45, 2.75) is 12.6 Å². The van der Waals surface area contributed by atoms with Crippen molar-refractivity contribution < 1.29 is 27.5 Å². The minimum atomic E-state index is -4.47. The van der Waals surface area contributed by atoms with Gasteiger partial charge in [-0.25, -0.2) is 0 Å². The molecule has 1 aliphatic rings. The number of alkyl halides is 3. The van der Waals surface area contributed by atoms with Gasteiger partial charge in [0.05, 0.1) is 19.1 Å². The summed E-state index contributed by atoms with van der Waals surface area (Å²) >= 11 is 0. The third-order valence-corrected chi connectivity index (χ3v) is 4.21. The number of benzene rings is 2. The lowest BCUT2D eigenvalue weighted by Gasteiger charge is -2.16. The van der Waals surface area contributed by atoms with E-state index in [1.54, 1.807) is 54.6 Å². The smallest absolute Gasteiger partial charge is 0.390 e. The SMILES string of the molecule is COc1ccc(NC2=C(c3ccccc3)C(=O)N(CCC(F)(F)F)C2=O)cc1. The summed E-state index contributed by atoms with van der Waals surface area (Å²) in [5.74, 6) is -0.941. The molecule has 2 aromatic carbocycles. The Morgan fingerprint density at radius 3 is 2.18 bits per heavy atom. The van der Waals surface area contributed by atoms with E-state index in [9.17, 15) is 22.8 Å². The summed E-state index contributed by atoms with van der Waals surface area (Å²) < 4.78 is 42.9. The lowest BCUT2D eigenvalue weighted by atomic mass is 10.0. The van der Waals surface area contributed by atoms with Crippen LogP contribution in [-0.2, 0) is 9.59 Å². The normalized spacial score (nSPS) is 14.6. The summed E-state index contributed by atoms with van der Waals surface area (Å²) in [6, 6.07) is 15.0. The van der Waals surface area contributed by atoms with Crippen molar-refractivity contribution in [1.82, 2.24) is 4.90 Å². The molecule has 1 N–H and O–H groups in total. The number of halogens is 3. The fraction of sp³-hybridized carbons (Fsp3) is 0.200. The zero-order valence-corrected chi connectivity index (χ0v) is 14.9. The summed E-state index contributed by atoms with van der Waals surface area (Å²) in [6.45, 7) is -0.731. The Kier molecular flexibility index (Phi) is 5.39. The van der Waals surface area contributed by atoms with Crippen LogP contribution in [0.25, 0.3) is 5.57 Å². The first kappa shape index (κ1) is 19.5. The molecule has 0 unspecified atom stereocenters. The Morgan fingerprint density at radius 2 is 1.61 bits per heavy atom. The van der Waals surface area contributed by atoms with E-state index in [2.05, 4.69) is 5.32 Å². The van der Waals surface area contributed by atoms with Gasteiger partial charge in [0.1, 0.15) is 11.4 Å². The van der Waals surface area contributed by atoms with Crippen molar-refractivity contribution >= 4 is 23.1 Å². The third-order valence-electron chi connectivity index (χ3n) is 4.21. The Bertz CT molecular complexity index is 907. The number of anilines is 1. The van der Waals surface area contributed by atoms with Gasteiger partial charge in [-0.3, -0.25) is 14.5 Å². The van der Waals surface area contributed by atoms with Gasteiger partial charge in [-0.05, 0) is 29.8 Å². The van der Waals surface area contributed by atoms with Crippen molar-refractivity contribution in [2.75, 3.05) is 19.0 Å². The van der Waals surface area contributed by atoms with E-state index in [1.807, 2.05) is 0 Å². The van der Waals surface area contributed by atoms with Gasteiger partial charge in [-0.1, -0.05) is 30.3 Å². The largest absolute Gasteiger partial charge is 0.497 e. The monoisotopic (exact) mass is 390 g/mol. The van der Waals surface area contributed by atoms with Crippen molar-refractivity contribution in [1.29, 1.82) is 0 Å². The van der Waals surface area contributed by atoms with E-state index in [1.165, 1.54) is 7.11 Å².